The van der Waals surface area contributed by atoms with Gasteiger partial charge in [-0.15, -0.1) is 0 Å². The van der Waals surface area contributed by atoms with Crippen LogP contribution in [0.2, 0.25) is 0 Å². The minimum absolute atomic E-state index is 0.143. The fraction of sp³-hybridized carbons (Fsp3) is 0.217. The minimum Gasteiger partial charge on any atom is -0.355 e. The molecule has 1 heterocycles. The smallest absolute Gasteiger partial charge is 0.251 e. The molecule has 1 amide bonds. The van der Waals surface area contributed by atoms with Gasteiger partial charge in [0.15, 0.2) is 0 Å². The molecule has 0 saturated heterocycles. The van der Waals surface area contributed by atoms with Crippen LogP contribution in [0.15, 0.2) is 78.0 Å². The number of rotatable bonds is 8. The number of carbonyl (C=O) groups is 1. The van der Waals surface area contributed by atoms with E-state index >= 15 is 0 Å². The average molecular weight is 424 g/mol. The highest BCUT2D eigenvalue weighted by Crippen LogP contribution is 2.22. The van der Waals surface area contributed by atoms with E-state index in [1.165, 1.54) is 41.2 Å². The standard InChI is InChI=1S/C23H25N3O3S/c1-3-18-6-8-19(9-7-18)16-26(17-20-5-4-14-25-15-20)30(28,29)22-12-10-21(11-13-22)23(27)24-2/h4-15H,3,16-17H2,1-2H3,(H,24,27). The fourth-order valence-corrected chi connectivity index (χ4v) is 4.49. The van der Waals surface area contributed by atoms with Gasteiger partial charge in [-0.05, 0) is 53.4 Å². The Balaban J connectivity index is 1.93. The van der Waals surface area contributed by atoms with Gasteiger partial charge >= 0.3 is 0 Å². The van der Waals surface area contributed by atoms with Crippen LogP contribution in [0.5, 0.6) is 0 Å². The second-order valence-corrected chi connectivity index (χ2v) is 8.85. The summed E-state index contributed by atoms with van der Waals surface area (Å²) in [6.07, 6.45) is 4.25. The molecule has 3 rings (SSSR count). The monoisotopic (exact) mass is 423 g/mol. The van der Waals surface area contributed by atoms with Gasteiger partial charge in [0.05, 0.1) is 4.90 Å². The molecule has 0 atom stereocenters. The van der Waals surface area contributed by atoms with Crippen LogP contribution in [0.4, 0.5) is 0 Å². The van der Waals surface area contributed by atoms with E-state index in [-0.39, 0.29) is 23.9 Å². The van der Waals surface area contributed by atoms with E-state index in [0.29, 0.717) is 5.56 Å². The zero-order chi connectivity index (χ0) is 21.6. The van der Waals surface area contributed by atoms with Gasteiger partial charge in [0.25, 0.3) is 5.91 Å². The summed E-state index contributed by atoms with van der Waals surface area (Å²) < 4.78 is 28.3. The number of sulfonamides is 1. The molecule has 30 heavy (non-hydrogen) atoms. The first kappa shape index (κ1) is 21.7. The molecule has 0 saturated carbocycles. The summed E-state index contributed by atoms with van der Waals surface area (Å²) in [5.74, 6) is -0.262. The molecular weight excluding hydrogens is 398 g/mol. The van der Waals surface area contributed by atoms with Gasteiger partial charge in [-0.25, -0.2) is 8.42 Å². The van der Waals surface area contributed by atoms with Gasteiger partial charge in [0, 0.05) is 38.1 Å². The third-order valence-electron chi connectivity index (χ3n) is 4.85. The summed E-state index contributed by atoms with van der Waals surface area (Å²) in [7, 11) is -2.25. The second kappa shape index (κ2) is 9.65. The lowest BCUT2D eigenvalue weighted by Gasteiger charge is -2.23. The number of nitrogens with one attached hydrogen (secondary N) is 1. The Morgan fingerprint density at radius 1 is 0.933 bits per heavy atom. The molecule has 0 aliphatic heterocycles. The predicted octanol–water partition coefficient (Wildman–Crippen LogP) is 3.39. The van der Waals surface area contributed by atoms with Crippen LogP contribution in [0, 0.1) is 0 Å². The normalized spacial score (nSPS) is 11.4. The third-order valence-corrected chi connectivity index (χ3v) is 6.66. The van der Waals surface area contributed by atoms with Crippen molar-refractivity contribution in [3.8, 4) is 0 Å². The maximum atomic E-state index is 13.4. The molecule has 1 aromatic heterocycles. The molecule has 0 aliphatic rings. The summed E-state index contributed by atoms with van der Waals surface area (Å²) in [4.78, 5) is 16.0. The second-order valence-electron chi connectivity index (χ2n) is 6.91. The number of hydrogen-bond donors (Lipinski definition) is 1. The topological polar surface area (TPSA) is 79.4 Å². The van der Waals surface area contributed by atoms with E-state index in [9.17, 15) is 13.2 Å². The van der Waals surface area contributed by atoms with E-state index in [1.54, 1.807) is 18.5 Å². The summed E-state index contributed by atoms with van der Waals surface area (Å²) in [5.41, 5.74) is 3.31. The Labute approximate surface area is 177 Å². The van der Waals surface area contributed by atoms with Gasteiger partial charge in [0.1, 0.15) is 0 Å². The van der Waals surface area contributed by atoms with Crippen LogP contribution in [0.25, 0.3) is 0 Å². The minimum atomic E-state index is -3.79. The summed E-state index contributed by atoms with van der Waals surface area (Å²) in [6, 6.07) is 17.6. The number of pyridine rings is 1. The maximum absolute atomic E-state index is 13.4. The Kier molecular flexibility index (Phi) is 6.97. The zero-order valence-corrected chi connectivity index (χ0v) is 17.9. The highest BCUT2D eigenvalue weighted by Gasteiger charge is 2.25. The summed E-state index contributed by atoms with van der Waals surface area (Å²) in [5, 5.41) is 2.53. The highest BCUT2D eigenvalue weighted by atomic mass is 32.2. The Morgan fingerprint density at radius 3 is 2.13 bits per heavy atom. The fourth-order valence-electron chi connectivity index (χ4n) is 3.08. The lowest BCUT2D eigenvalue weighted by atomic mass is 10.1. The molecule has 0 aliphatic carbocycles. The molecule has 1 N–H and O–H groups in total. The van der Waals surface area contributed by atoms with E-state index in [1.807, 2.05) is 30.3 Å². The van der Waals surface area contributed by atoms with E-state index in [4.69, 9.17) is 0 Å². The van der Waals surface area contributed by atoms with Crippen LogP contribution in [-0.4, -0.2) is 30.7 Å². The van der Waals surface area contributed by atoms with Crippen LogP contribution >= 0.6 is 0 Å². The van der Waals surface area contributed by atoms with Crippen molar-refractivity contribution in [1.29, 1.82) is 0 Å². The van der Waals surface area contributed by atoms with Crippen molar-refractivity contribution < 1.29 is 13.2 Å². The van der Waals surface area contributed by atoms with E-state index in [0.717, 1.165) is 17.5 Å². The predicted molar refractivity (Wildman–Crippen MR) is 116 cm³/mol. The van der Waals surface area contributed by atoms with Crippen molar-refractivity contribution in [2.24, 2.45) is 0 Å². The molecule has 156 valence electrons. The number of aromatic nitrogens is 1. The maximum Gasteiger partial charge on any atom is 0.251 e. The van der Waals surface area contributed by atoms with Crippen molar-refractivity contribution in [2.75, 3.05) is 7.05 Å². The number of amides is 1. The molecule has 7 heteroatoms. The summed E-state index contributed by atoms with van der Waals surface area (Å²) in [6.45, 7) is 2.51. The quantitative estimate of drug-likeness (QED) is 0.602. The van der Waals surface area contributed by atoms with Gasteiger partial charge < -0.3 is 5.32 Å². The average Bonchev–Trinajstić information content (AvgIpc) is 2.79. The number of benzene rings is 2. The van der Waals surface area contributed by atoms with E-state index < -0.39 is 10.0 Å². The largest absolute Gasteiger partial charge is 0.355 e. The first-order valence-corrected chi connectivity index (χ1v) is 11.2. The molecule has 0 spiro atoms. The highest BCUT2D eigenvalue weighted by molar-refractivity contribution is 7.89. The molecule has 0 bridgehead atoms. The number of nitrogens with zero attached hydrogens (tertiary/aromatic N) is 2. The molecular formula is C23H25N3O3S. The third kappa shape index (κ3) is 5.11. The van der Waals surface area contributed by atoms with Crippen LogP contribution in [-0.2, 0) is 29.5 Å². The lowest BCUT2D eigenvalue weighted by molar-refractivity contribution is 0.0963. The van der Waals surface area contributed by atoms with Gasteiger partial charge in [-0.3, -0.25) is 9.78 Å². The molecule has 3 aromatic rings. The molecule has 6 nitrogen and oxygen atoms in total. The van der Waals surface area contributed by atoms with Gasteiger partial charge in [0.2, 0.25) is 10.0 Å². The number of aryl methyl sites for hydroxylation is 1. The number of carbonyl (C=O) groups excluding carboxylic acids is 1. The molecule has 0 radical (unpaired) electrons. The summed E-state index contributed by atoms with van der Waals surface area (Å²) >= 11 is 0. The molecule has 2 aromatic carbocycles. The van der Waals surface area contributed by atoms with Crippen molar-refractivity contribution in [3.63, 3.8) is 0 Å². The van der Waals surface area contributed by atoms with Crippen LogP contribution < -0.4 is 5.32 Å². The zero-order valence-electron chi connectivity index (χ0n) is 17.1. The van der Waals surface area contributed by atoms with Crippen molar-refractivity contribution in [2.45, 2.75) is 31.3 Å². The van der Waals surface area contributed by atoms with Crippen molar-refractivity contribution in [3.05, 3.63) is 95.3 Å². The lowest BCUT2D eigenvalue weighted by Crippen LogP contribution is -2.30. The van der Waals surface area contributed by atoms with Crippen LogP contribution in [0.1, 0.15) is 34.0 Å². The molecule has 0 unspecified atom stereocenters. The van der Waals surface area contributed by atoms with Gasteiger partial charge in [-0.2, -0.15) is 4.31 Å². The molecule has 0 fully saturated rings. The SMILES string of the molecule is CCc1ccc(CN(Cc2cccnc2)S(=O)(=O)c2ccc(C(=O)NC)cc2)cc1. The van der Waals surface area contributed by atoms with Crippen molar-refractivity contribution >= 4 is 15.9 Å². The van der Waals surface area contributed by atoms with Crippen LogP contribution in [0.3, 0.4) is 0 Å². The Hall–Kier alpha value is -3.03. The first-order valence-electron chi connectivity index (χ1n) is 9.73. The number of hydrogen-bond acceptors (Lipinski definition) is 4. The van der Waals surface area contributed by atoms with Gasteiger partial charge in [-0.1, -0.05) is 37.3 Å². The Morgan fingerprint density at radius 2 is 1.57 bits per heavy atom. The Bertz CT molecular complexity index is 1080. The first-order chi connectivity index (χ1) is 14.4. The van der Waals surface area contributed by atoms with E-state index in [2.05, 4.69) is 17.2 Å². The van der Waals surface area contributed by atoms with Crippen molar-refractivity contribution in [1.82, 2.24) is 14.6 Å².